The van der Waals surface area contributed by atoms with Crippen LogP contribution in [0.25, 0.3) is 0 Å². The van der Waals surface area contributed by atoms with Crippen molar-refractivity contribution in [2.45, 2.75) is 37.9 Å². The summed E-state index contributed by atoms with van der Waals surface area (Å²) in [6.07, 6.45) is -4.50. The Hall–Kier alpha value is -2.57. The van der Waals surface area contributed by atoms with Crippen LogP contribution in [0.5, 0.6) is 0 Å². The van der Waals surface area contributed by atoms with E-state index in [0.717, 1.165) is 0 Å². The summed E-state index contributed by atoms with van der Waals surface area (Å²) in [7, 11) is 0. The maximum absolute atomic E-state index is 14.1. The Balaban J connectivity index is 2.52. The van der Waals surface area contributed by atoms with Crippen molar-refractivity contribution in [3.63, 3.8) is 0 Å². The van der Waals surface area contributed by atoms with Gasteiger partial charge in [0.2, 0.25) is 5.54 Å². The van der Waals surface area contributed by atoms with Crippen LogP contribution in [0.4, 0.5) is 13.2 Å². The molecule has 1 fully saturated rings. The monoisotopic (exact) mass is 381 g/mol. The van der Waals surface area contributed by atoms with Crippen LogP contribution in [0.1, 0.15) is 36.5 Å². The molecule has 0 aromatic heterocycles. The van der Waals surface area contributed by atoms with Crippen molar-refractivity contribution in [2.75, 3.05) is 0 Å². The molecular weight excluding hydrogens is 359 g/mol. The Morgan fingerprint density at radius 3 is 2.30 bits per heavy atom. The van der Waals surface area contributed by atoms with Crippen molar-refractivity contribution >= 4 is 11.9 Å². The molecule has 1 saturated carbocycles. The molecule has 3 atom stereocenters. The van der Waals surface area contributed by atoms with Crippen LogP contribution >= 0.6 is 0 Å². The number of carboxylic acids is 1. The van der Waals surface area contributed by atoms with E-state index in [1.54, 1.807) is 18.3 Å². The summed E-state index contributed by atoms with van der Waals surface area (Å²) in [6.45, 7) is 9.18. The van der Waals surface area contributed by atoms with E-state index in [0.29, 0.717) is 12.0 Å². The van der Waals surface area contributed by atoms with Gasteiger partial charge in [0.1, 0.15) is 0 Å². The first-order chi connectivity index (χ1) is 12.5. The van der Waals surface area contributed by atoms with Gasteiger partial charge in [-0.25, -0.2) is 4.79 Å². The first-order valence-corrected chi connectivity index (χ1v) is 8.51. The third kappa shape index (κ3) is 3.91. The Morgan fingerprint density at radius 2 is 1.81 bits per heavy atom. The zero-order chi connectivity index (χ0) is 20.4. The van der Waals surface area contributed by atoms with E-state index in [1.807, 2.05) is 0 Å². The molecule has 1 aromatic carbocycles. The van der Waals surface area contributed by atoms with E-state index in [9.17, 15) is 27.9 Å². The molecule has 0 bridgehead atoms. The minimum absolute atomic E-state index is 0.0507. The van der Waals surface area contributed by atoms with Crippen LogP contribution in [0, 0.1) is 11.8 Å². The van der Waals surface area contributed by atoms with Crippen LogP contribution in [0.15, 0.2) is 54.6 Å². The standard InChI is InChI=1S/C20H22F3NO3/c1-12(2)15-10-9-13(3)16(11-15)19(18(26)27,20(21,22)23)24-17(25)14-7-5-4-6-8-14/h4-8,15-16H,1,3,9-11H2,2H3,(H,24,25)(H,26,27). The molecule has 3 unspecified atom stereocenters. The summed E-state index contributed by atoms with van der Waals surface area (Å²) in [5, 5.41) is 11.4. The Bertz CT molecular complexity index is 757. The van der Waals surface area contributed by atoms with E-state index in [1.165, 1.54) is 24.3 Å². The molecule has 1 aromatic rings. The van der Waals surface area contributed by atoms with Crippen LogP contribution in [-0.4, -0.2) is 28.7 Å². The first kappa shape index (κ1) is 20.7. The number of nitrogens with one attached hydrogen (secondary N) is 1. The summed E-state index contributed by atoms with van der Waals surface area (Å²) in [5.74, 6) is -5.00. The molecule has 1 aliphatic carbocycles. The van der Waals surface area contributed by atoms with Crippen molar-refractivity contribution in [1.82, 2.24) is 5.32 Å². The number of allylic oxidation sites excluding steroid dienone is 1. The zero-order valence-corrected chi connectivity index (χ0v) is 15.0. The van der Waals surface area contributed by atoms with Crippen LogP contribution in [0.3, 0.4) is 0 Å². The van der Waals surface area contributed by atoms with E-state index in [2.05, 4.69) is 13.2 Å². The van der Waals surface area contributed by atoms with Gasteiger partial charge in [-0.05, 0) is 44.2 Å². The van der Waals surface area contributed by atoms with Gasteiger partial charge in [-0.15, -0.1) is 0 Å². The van der Waals surface area contributed by atoms with Crippen LogP contribution < -0.4 is 5.32 Å². The maximum Gasteiger partial charge on any atom is 0.423 e. The number of carbonyl (C=O) groups is 2. The van der Waals surface area contributed by atoms with Gasteiger partial charge < -0.3 is 10.4 Å². The highest BCUT2D eigenvalue weighted by atomic mass is 19.4. The summed E-state index contributed by atoms with van der Waals surface area (Å²) < 4.78 is 42.4. The summed E-state index contributed by atoms with van der Waals surface area (Å²) in [5.41, 5.74) is -2.65. The number of halogens is 3. The number of amides is 1. The number of rotatable bonds is 5. The molecule has 1 aliphatic rings. The summed E-state index contributed by atoms with van der Waals surface area (Å²) in [6, 6.07) is 7.23. The SMILES string of the molecule is C=C(C)C1CCC(=C)C(C(NC(=O)c2ccccc2)(C(=O)O)C(F)(F)F)C1. The molecule has 146 valence electrons. The number of aliphatic carboxylic acids is 1. The van der Waals surface area contributed by atoms with Gasteiger partial charge in [0.15, 0.2) is 0 Å². The smallest absolute Gasteiger partial charge is 0.423 e. The van der Waals surface area contributed by atoms with Crippen molar-refractivity contribution in [1.29, 1.82) is 0 Å². The molecule has 7 heteroatoms. The van der Waals surface area contributed by atoms with Gasteiger partial charge in [-0.3, -0.25) is 4.79 Å². The minimum Gasteiger partial charge on any atom is -0.479 e. The molecule has 2 rings (SSSR count). The van der Waals surface area contributed by atoms with E-state index < -0.39 is 29.5 Å². The number of carbonyl (C=O) groups excluding carboxylic acids is 1. The summed E-state index contributed by atoms with van der Waals surface area (Å²) >= 11 is 0. The van der Waals surface area contributed by atoms with E-state index in [4.69, 9.17) is 0 Å². The Labute approximate surface area is 155 Å². The van der Waals surface area contributed by atoms with Gasteiger partial charge in [-0.2, -0.15) is 13.2 Å². The fourth-order valence-electron chi connectivity index (χ4n) is 3.55. The van der Waals surface area contributed by atoms with Gasteiger partial charge in [0, 0.05) is 11.5 Å². The normalized spacial score (nSPS) is 22.6. The highest BCUT2D eigenvalue weighted by molar-refractivity contribution is 5.98. The molecule has 2 N–H and O–H groups in total. The van der Waals surface area contributed by atoms with Gasteiger partial charge in [0.05, 0.1) is 0 Å². The third-order valence-corrected chi connectivity index (χ3v) is 5.18. The lowest BCUT2D eigenvalue weighted by molar-refractivity contribution is -0.218. The maximum atomic E-state index is 14.1. The molecule has 0 aliphatic heterocycles. The minimum atomic E-state index is -5.21. The fraction of sp³-hybridized carbons (Fsp3) is 0.400. The van der Waals surface area contributed by atoms with Gasteiger partial charge >= 0.3 is 12.1 Å². The predicted octanol–water partition coefficient (Wildman–Crippen LogP) is 4.35. The molecule has 0 saturated heterocycles. The van der Waals surface area contributed by atoms with Crippen molar-refractivity contribution in [3.05, 3.63) is 60.2 Å². The second kappa shape index (κ2) is 7.58. The van der Waals surface area contributed by atoms with Crippen LogP contribution in [-0.2, 0) is 4.79 Å². The second-order valence-electron chi connectivity index (χ2n) is 6.96. The van der Waals surface area contributed by atoms with Crippen molar-refractivity contribution < 1.29 is 27.9 Å². The first-order valence-electron chi connectivity index (χ1n) is 8.51. The quantitative estimate of drug-likeness (QED) is 0.745. The highest BCUT2D eigenvalue weighted by Crippen LogP contribution is 2.47. The average molecular weight is 381 g/mol. The molecule has 4 nitrogen and oxygen atoms in total. The molecule has 0 spiro atoms. The van der Waals surface area contributed by atoms with Crippen molar-refractivity contribution in [2.24, 2.45) is 11.8 Å². The number of hydrogen-bond donors (Lipinski definition) is 2. The number of alkyl halides is 3. The zero-order valence-electron chi connectivity index (χ0n) is 15.0. The lowest BCUT2D eigenvalue weighted by Crippen LogP contribution is -2.69. The lowest BCUT2D eigenvalue weighted by atomic mass is 9.66. The largest absolute Gasteiger partial charge is 0.479 e. The topological polar surface area (TPSA) is 66.4 Å². The number of carboxylic acid groups (broad SMARTS) is 1. The average Bonchev–Trinajstić information content (AvgIpc) is 2.59. The highest BCUT2D eigenvalue weighted by Gasteiger charge is 2.67. The lowest BCUT2D eigenvalue weighted by Gasteiger charge is -2.44. The Kier molecular flexibility index (Phi) is 5.82. The molecule has 1 amide bonds. The third-order valence-electron chi connectivity index (χ3n) is 5.18. The summed E-state index contributed by atoms with van der Waals surface area (Å²) in [4.78, 5) is 24.4. The number of hydrogen-bond acceptors (Lipinski definition) is 2. The van der Waals surface area contributed by atoms with Gasteiger partial charge in [-0.1, -0.05) is 42.5 Å². The molecule has 0 radical (unpaired) electrons. The Morgan fingerprint density at radius 1 is 1.22 bits per heavy atom. The molecule has 0 heterocycles. The van der Waals surface area contributed by atoms with Gasteiger partial charge in [0.25, 0.3) is 5.91 Å². The molecule has 27 heavy (non-hydrogen) atoms. The van der Waals surface area contributed by atoms with Crippen molar-refractivity contribution in [3.8, 4) is 0 Å². The van der Waals surface area contributed by atoms with E-state index in [-0.39, 0.29) is 29.9 Å². The van der Waals surface area contributed by atoms with Crippen LogP contribution in [0.2, 0.25) is 0 Å². The fourth-order valence-corrected chi connectivity index (χ4v) is 3.55. The molecular formula is C20H22F3NO3. The second-order valence-corrected chi connectivity index (χ2v) is 6.96. The van der Waals surface area contributed by atoms with E-state index >= 15 is 0 Å². The predicted molar refractivity (Wildman–Crippen MR) is 95.1 cm³/mol. The number of benzene rings is 1.